The highest BCUT2D eigenvalue weighted by atomic mass is 32.1. The third kappa shape index (κ3) is 3.29. The van der Waals surface area contributed by atoms with Crippen molar-refractivity contribution in [3.63, 3.8) is 0 Å². The Morgan fingerprint density at radius 3 is 2.68 bits per heavy atom. The van der Waals surface area contributed by atoms with Gasteiger partial charge in [-0.1, -0.05) is 19.9 Å². The molecule has 19 heavy (non-hydrogen) atoms. The maximum atomic E-state index is 12.1. The summed E-state index contributed by atoms with van der Waals surface area (Å²) in [6.45, 7) is 4.14. The Labute approximate surface area is 115 Å². The van der Waals surface area contributed by atoms with Gasteiger partial charge in [-0.25, -0.2) is 9.97 Å². The molecule has 1 amide bonds. The summed E-state index contributed by atoms with van der Waals surface area (Å²) in [5.74, 6) is 0.360. The average molecular weight is 276 g/mol. The first-order valence-corrected chi connectivity index (χ1v) is 6.87. The Hall–Kier alpha value is -1.95. The largest absolute Gasteiger partial charge is 0.382 e. The first kappa shape index (κ1) is 13.5. The Morgan fingerprint density at radius 1 is 1.37 bits per heavy atom. The molecule has 0 aromatic carbocycles. The van der Waals surface area contributed by atoms with Crippen molar-refractivity contribution >= 4 is 23.1 Å². The van der Waals surface area contributed by atoms with Gasteiger partial charge in [-0.3, -0.25) is 4.79 Å². The fourth-order valence-corrected chi connectivity index (χ4v) is 2.65. The summed E-state index contributed by atoms with van der Waals surface area (Å²) < 4.78 is 0. The zero-order chi connectivity index (χ0) is 13.8. The van der Waals surface area contributed by atoms with Crippen molar-refractivity contribution in [1.82, 2.24) is 15.3 Å². The van der Waals surface area contributed by atoms with E-state index in [2.05, 4.69) is 29.1 Å². The van der Waals surface area contributed by atoms with Crippen LogP contribution in [0, 0.1) is 5.92 Å². The second-order valence-electron chi connectivity index (χ2n) is 4.54. The maximum Gasteiger partial charge on any atom is 0.272 e. The van der Waals surface area contributed by atoms with Crippen LogP contribution in [0.1, 0.15) is 35.3 Å². The normalized spacial score (nSPS) is 12.4. The van der Waals surface area contributed by atoms with E-state index in [1.807, 2.05) is 17.5 Å². The van der Waals surface area contributed by atoms with E-state index >= 15 is 0 Å². The molecule has 0 saturated carbocycles. The third-order valence-corrected chi connectivity index (χ3v) is 3.66. The molecule has 100 valence electrons. The second-order valence-corrected chi connectivity index (χ2v) is 5.52. The van der Waals surface area contributed by atoms with Gasteiger partial charge in [0.1, 0.15) is 11.5 Å². The molecule has 0 saturated heterocycles. The van der Waals surface area contributed by atoms with Gasteiger partial charge < -0.3 is 11.1 Å². The maximum absolute atomic E-state index is 12.1. The van der Waals surface area contributed by atoms with Gasteiger partial charge in [0, 0.05) is 4.88 Å². The van der Waals surface area contributed by atoms with Crippen LogP contribution in [0.25, 0.3) is 0 Å². The van der Waals surface area contributed by atoms with Crippen molar-refractivity contribution in [2.75, 3.05) is 5.73 Å². The molecule has 0 aliphatic rings. The van der Waals surface area contributed by atoms with Crippen LogP contribution in [0.5, 0.6) is 0 Å². The van der Waals surface area contributed by atoms with E-state index in [-0.39, 0.29) is 17.6 Å². The van der Waals surface area contributed by atoms with Gasteiger partial charge >= 0.3 is 0 Å². The van der Waals surface area contributed by atoms with Crippen molar-refractivity contribution in [2.24, 2.45) is 5.92 Å². The molecule has 0 aliphatic heterocycles. The lowest BCUT2D eigenvalue weighted by molar-refractivity contribution is 0.0921. The summed E-state index contributed by atoms with van der Waals surface area (Å²) >= 11 is 1.63. The number of nitrogens with two attached hydrogens (primary N) is 1. The summed E-state index contributed by atoms with van der Waals surface area (Å²) in [6.07, 6.45) is 2.76. The second kappa shape index (κ2) is 5.79. The molecule has 2 aromatic rings. The van der Waals surface area contributed by atoms with Crippen LogP contribution in [0.3, 0.4) is 0 Å². The van der Waals surface area contributed by atoms with Crippen molar-refractivity contribution in [3.8, 4) is 0 Å². The van der Waals surface area contributed by atoms with E-state index in [4.69, 9.17) is 5.73 Å². The quantitative estimate of drug-likeness (QED) is 0.897. The van der Waals surface area contributed by atoms with Crippen molar-refractivity contribution in [2.45, 2.75) is 19.9 Å². The van der Waals surface area contributed by atoms with Gasteiger partial charge in [-0.05, 0) is 17.4 Å². The SMILES string of the molecule is CC(C)C(NC(=O)c1cnc(N)cn1)c1cccs1. The fraction of sp³-hybridized carbons (Fsp3) is 0.308. The monoisotopic (exact) mass is 276 g/mol. The number of nitrogens with one attached hydrogen (secondary N) is 1. The first-order chi connectivity index (χ1) is 9.08. The lowest BCUT2D eigenvalue weighted by Crippen LogP contribution is -2.31. The Balaban J connectivity index is 2.14. The molecule has 2 heterocycles. The fourth-order valence-electron chi connectivity index (χ4n) is 1.71. The lowest BCUT2D eigenvalue weighted by Gasteiger charge is -2.20. The molecule has 2 aromatic heterocycles. The highest BCUT2D eigenvalue weighted by Crippen LogP contribution is 2.25. The molecule has 0 fully saturated rings. The predicted octanol–water partition coefficient (Wildman–Crippen LogP) is 2.25. The summed E-state index contributed by atoms with van der Waals surface area (Å²) in [7, 11) is 0. The van der Waals surface area contributed by atoms with E-state index in [9.17, 15) is 4.79 Å². The van der Waals surface area contributed by atoms with Gasteiger partial charge in [-0.15, -0.1) is 11.3 Å². The molecule has 0 spiro atoms. The highest BCUT2D eigenvalue weighted by Gasteiger charge is 2.20. The number of carbonyl (C=O) groups excluding carboxylic acids is 1. The first-order valence-electron chi connectivity index (χ1n) is 5.99. The zero-order valence-electron chi connectivity index (χ0n) is 10.8. The van der Waals surface area contributed by atoms with E-state index in [1.54, 1.807) is 11.3 Å². The number of thiophene rings is 1. The van der Waals surface area contributed by atoms with E-state index in [0.29, 0.717) is 11.7 Å². The Bertz CT molecular complexity index is 536. The number of carbonyl (C=O) groups is 1. The van der Waals surface area contributed by atoms with Gasteiger partial charge in [-0.2, -0.15) is 0 Å². The van der Waals surface area contributed by atoms with Gasteiger partial charge in [0.25, 0.3) is 5.91 Å². The van der Waals surface area contributed by atoms with Crippen molar-refractivity contribution in [1.29, 1.82) is 0 Å². The number of amides is 1. The molecule has 2 rings (SSSR count). The standard InChI is InChI=1S/C13H16N4OS/c1-8(2)12(10-4-3-5-19-10)17-13(18)9-6-16-11(14)7-15-9/h3-8,12H,1-2H3,(H2,14,16)(H,17,18). The summed E-state index contributed by atoms with van der Waals surface area (Å²) in [6, 6.07) is 3.97. The Morgan fingerprint density at radius 2 is 2.16 bits per heavy atom. The predicted molar refractivity (Wildman–Crippen MR) is 75.8 cm³/mol. The number of hydrogen-bond donors (Lipinski definition) is 2. The van der Waals surface area contributed by atoms with Crippen LogP contribution in [0.15, 0.2) is 29.9 Å². The molecule has 3 N–H and O–H groups in total. The third-order valence-electron chi connectivity index (χ3n) is 2.71. The molecule has 1 unspecified atom stereocenters. The van der Waals surface area contributed by atoms with Crippen LogP contribution >= 0.6 is 11.3 Å². The minimum absolute atomic E-state index is 0.0214. The molecule has 1 atom stereocenters. The smallest absolute Gasteiger partial charge is 0.272 e. The van der Waals surface area contributed by atoms with Crippen molar-refractivity contribution in [3.05, 3.63) is 40.5 Å². The lowest BCUT2D eigenvalue weighted by atomic mass is 10.0. The van der Waals surface area contributed by atoms with E-state index in [0.717, 1.165) is 4.88 Å². The number of hydrogen-bond acceptors (Lipinski definition) is 5. The molecular formula is C13H16N4OS. The molecule has 5 nitrogen and oxygen atoms in total. The van der Waals surface area contributed by atoms with Crippen molar-refractivity contribution < 1.29 is 4.79 Å². The summed E-state index contributed by atoms with van der Waals surface area (Å²) in [4.78, 5) is 21.1. The number of rotatable bonds is 4. The molecule has 0 radical (unpaired) electrons. The van der Waals surface area contributed by atoms with Gasteiger partial charge in [0.15, 0.2) is 0 Å². The van der Waals surface area contributed by atoms with Crippen LogP contribution in [-0.4, -0.2) is 15.9 Å². The number of aromatic nitrogens is 2. The van der Waals surface area contributed by atoms with Gasteiger partial charge in [0.2, 0.25) is 0 Å². The van der Waals surface area contributed by atoms with Crippen LogP contribution < -0.4 is 11.1 Å². The topological polar surface area (TPSA) is 80.9 Å². The average Bonchev–Trinajstić information content (AvgIpc) is 2.89. The molecule has 0 aliphatic carbocycles. The minimum atomic E-state index is -0.236. The Kier molecular flexibility index (Phi) is 4.11. The summed E-state index contributed by atoms with van der Waals surface area (Å²) in [5, 5.41) is 4.98. The number of nitrogens with zero attached hydrogens (tertiary/aromatic N) is 2. The summed E-state index contributed by atoms with van der Waals surface area (Å²) in [5.41, 5.74) is 5.72. The molecule has 6 heteroatoms. The number of anilines is 1. The van der Waals surface area contributed by atoms with E-state index in [1.165, 1.54) is 12.4 Å². The van der Waals surface area contributed by atoms with Crippen LogP contribution in [0.2, 0.25) is 0 Å². The molecule has 0 bridgehead atoms. The van der Waals surface area contributed by atoms with Crippen LogP contribution in [-0.2, 0) is 0 Å². The zero-order valence-corrected chi connectivity index (χ0v) is 11.6. The molecular weight excluding hydrogens is 260 g/mol. The minimum Gasteiger partial charge on any atom is -0.382 e. The van der Waals surface area contributed by atoms with E-state index < -0.39 is 0 Å². The van der Waals surface area contributed by atoms with Crippen LogP contribution in [0.4, 0.5) is 5.82 Å². The van der Waals surface area contributed by atoms with Gasteiger partial charge in [0.05, 0.1) is 18.4 Å². The highest BCUT2D eigenvalue weighted by molar-refractivity contribution is 7.10. The number of nitrogen functional groups attached to an aromatic ring is 1.